The highest BCUT2D eigenvalue weighted by Crippen LogP contribution is 2.24. The van der Waals surface area contributed by atoms with Gasteiger partial charge in [0, 0.05) is 29.6 Å². The molecule has 90 valence electrons. The van der Waals surface area contributed by atoms with E-state index in [-0.39, 0.29) is 0 Å². The highest BCUT2D eigenvalue weighted by atomic mass is 19.1. The molecule has 0 spiro atoms. The van der Waals surface area contributed by atoms with Crippen molar-refractivity contribution in [1.82, 2.24) is 4.98 Å². The standard InChI is InChI=1S/C12H13F2N3/c13-8-6-10-9(11(14)7-8)2-5-17-12(10)16-4-1-3-15/h2,5-7H,1,3-4,15H2,(H,16,17). The second-order valence-electron chi connectivity index (χ2n) is 3.71. The molecular formula is C12H13F2N3. The summed E-state index contributed by atoms with van der Waals surface area (Å²) < 4.78 is 26.7. The van der Waals surface area contributed by atoms with Gasteiger partial charge in [-0.1, -0.05) is 0 Å². The number of aromatic nitrogens is 1. The number of hydrogen-bond acceptors (Lipinski definition) is 3. The molecule has 1 aromatic heterocycles. The fourth-order valence-electron chi connectivity index (χ4n) is 1.66. The van der Waals surface area contributed by atoms with Gasteiger partial charge in [0.1, 0.15) is 17.5 Å². The van der Waals surface area contributed by atoms with Gasteiger partial charge >= 0.3 is 0 Å². The van der Waals surface area contributed by atoms with Crippen molar-refractivity contribution in [2.45, 2.75) is 6.42 Å². The van der Waals surface area contributed by atoms with Gasteiger partial charge < -0.3 is 11.1 Å². The van der Waals surface area contributed by atoms with Gasteiger partial charge in [-0.3, -0.25) is 0 Å². The van der Waals surface area contributed by atoms with Crippen molar-refractivity contribution in [1.29, 1.82) is 0 Å². The molecule has 0 aliphatic carbocycles. The van der Waals surface area contributed by atoms with Crippen LogP contribution >= 0.6 is 0 Å². The summed E-state index contributed by atoms with van der Waals surface area (Å²) in [4.78, 5) is 4.08. The minimum absolute atomic E-state index is 0.358. The van der Waals surface area contributed by atoms with Crippen molar-refractivity contribution in [3.63, 3.8) is 0 Å². The number of rotatable bonds is 4. The molecule has 0 amide bonds. The van der Waals surface area contributed by atoms with E-state index in [4.69, 9.17) is 5.73 Å². The van der Waals surface area contributed by atoms with Gasteiger partial charge in [-0.15, -0.1) is 0 Å². The number of nitrogens with two attached hydrogens (primary N) is 1. The van der Waals surface area contributed by atoms with Gasteiger partial charge in [-0.25, -0.2) is 13.8 Å². The van der Waals surface area contributed by atoms with Gasteiger partial charge in [-0.05, 0) is 25.1 Å². The summed E-state index contributed by atoms with van der Waals surface area (Å²) in [5.74, 6) is -0.705. The van der Waals surface area contributed by atoms with Crippen LogP contribution in [0.15, 0.2) is 24.4 Å². The van der Waals surface area contributed by atoms with Crippen LogP contribution in [0.1, 0.15) is 6.42 Å². The normalized spacial score (nSPS) is 10.8. The van der Waals surface area contributed by atoms with Crippen LogP contribution in [-0.2, 0) is 0 Å². The third-order valence-corrected chi connectivity index (χ3v) is 2.47. The quantitative estimate of drug-likeness (QED) is 0.802. The van der Waals surface area contributed by atoms with Crippen LogP contribution in [0.5, 0.6) is 0 Å². The first-order valence-electron chi connectivity index (χ1n) is 5.40. The fraction of sp³-hybridized carbons (Fsp3) is 0.250. The molecule has 17 heavy (non-hydrogen) atoms. The first-order valence-corrected chi connectivity index (χ1v) is 5.40. The highest BCUT2D eigenvalue weighted by molar-refractivity contribution is 5.92. The number of fused-ring (bicyclic) bond motifs is 1. The maximum atomic E-state index is 13.5. The SMILES string of the molecule is NCCCNc1nccc2c(F)cc(F)cc12. The lowest BCUT2D eigenvalue weighted by Gasteiger charge is -2.08. The van der Waals surface area contributed by atoms with E-state index in [0.717, 1.165) is 12.5 Å². The van der Waals surface area contributed by atoms with E-state index in [1.54, 1.807) is 0 Å². The van der Waals surface area contributed by atoms with E-state index in [2.05, 4.69) is 10.3 Å². The Morgan fingerprint density at radius 3 is 2.82 bits per heavy atom. The molecule has 0 aliphatic rings. The van der Waals surface area contributed by atoms with Crippen molar-refractivity contribution in [3.8, 4) is 0 Å². The Bertz CT molecular complexity index is 528. The topological polar surface area (TPSA) is 50.9 Å². The second kappa shape index (κ2) is 5.05. The van der Waals surface area contributed by atoms with Crippen LogP contribution < -0.4 is 11.1 Å². The van der Waals surface area contributed by atoms with Gasteiger partial charge in [0.25, 0.3) is 0 Å². The smallest absolute Gasteiger partial charge is 0.134 e. The molecule has 2 aromatic rings. The number of halogens is 2. The average Bonchev–Trinajstić information content (AvgIpc) is 2.30. The Labute approximate surface area is 97.6 Å². The van der Waals surface area contributed by atoms with Crippen LogP contribution in [-0.4, -0.2) is 18.1 Å². The first kappa shape index (κ1) is 11.7. The number of pyridine rings is 1. The van der Waals surface area contributed by atoms with E-state index < -0.39 is 11.6 Å². The predicted molar refractivity (Wildman–Crippen MR) is 63.8 cm³/mol. The summed E-state index contributed by atoms with van der Waals surface area (Å²) in [5.41, 5.74) is 5.37. The summed E-state index contributed by atoms with van der Waals surface area (Å²) >= 11 is 0. The number of benzene rings is 1. The Balaban J connectivity index is 2.42. The lowest BCUT2D eigenvalue weighted by atomic mass is 10.1. The molecule has 0 atom stereocenters. The monoisotopic (exact) mass is 237 g/mol. The van der Waals surface area contributed by atoms with Gasteiger partial charge in [-0.2, -0.15) is 0 Å². The average molecular weight is 237 g/mol. The minimum Gasteiger partial charge on any atom is -0.370 e. The van der Waals surface area contributed by atoms with Crippen LogP contribution in [0.4, 0.5) is 14.6 Å². The van der Waals surface area contributed by atoms with Crippen LogP contribution in [0.25, 0.3) is 10.8 Å². The third-order valence-electron chi connectivity index (χ3n) is 2.47. The Morgan fingerprint density at radius 1 is 1.24 bits per heavy atom. The highest BCUT2D eigenvalue weighted by Gasteiger charge is 2.08. The van der Waals surface area contributed by atoms with E-state index in [0.29, 0.717) is 29.7 Å². The number of nitrogens with zero attached hydrogens (tertiary/aromatic N) is 1. The second-order valence-corrected chi connectivity index (χ2v) is 3.71. The molecule has 0 aliphatic heterocycles. The summed E-state index contributed by atoms with van der Waals surface area (Å²) in [6.45, 7) is 1.18. The van der Waals surface area contributed by atoms with Crippen molar-refractivity contribution in [3.05, 3.63) is 36.0 Å². The Hall–Kier alpha value is -1.75. The van der Waals surface area contributed by atoms with Crippen molar-refractivity contribution in [2.75, 3.05) is 18.4 Å². The van der Waals surface area contributed by atoms with Crippen LogP contribution in [0.3, 0.4) is 0 Å². The van der Waals surface area contributed by atoms with Gasteiger partial charge in [0.15, 0.2) is 0 Å². The van der Waals surface area contributed by atoms with Gasteiger partial charge in [0.05, 0.1) is 0 Å². The zero-order valence-electron chi connectivity index (χ0n) is 9.21. The summed E-state index contributed by atoms with van der Waals surface area (Å²) in [6.07, 6.45) is 2.27. The van der Waals surface area contributed by atoms with E-state index in [1.807, 2.05) is 0 Å². The molecule has 0 radical (unpaired) electrons. The molecule has 5 heteroatoms. The van der Waals surface area contributed by atoms with Crippen molar-refractivity contribution in [2.24, 2.45) is 5.73 Å². The minimum atomic E-state index is -0.607. The number of nitrogens with one attached hydrogen (secondary N) is 1. The largest absolute Gasteiger partial charge is 0.370 e. The van der Waals surface area contributed by atoms with Crippen LogP contribution in [0.2, 0.25) is 0 Å². The van der Waals surface area contributed by atoms with E-state index in [9.17, 15) is 8.78 Å². The first-order chi connectivity index (χ1) is 8.22. The Morgan fingerprint density at radius 2 is 2.06 bits per heavy atom. The summed E-state index contributed by atoms with van der Waals surface area (Å²) in [7, 11) is 0. The number of anilines is 1. The fourth-order valence-corrected chi connectivity index (χ4v) is 1.66. The predicted octanol–water partition coefficient (Wildman–Crippen LogP) is 2.27. The maximum Gasteiger partial charge on any atom is 0.134 e. The lowest BCUT2D eigenvalue weighted by molar-refractivity contribution is 0.592. The zero-order chi connectivity index (χ0) is 12.3. The molecular weight excluding hydrogens is 224 g/mol. The molecule has 0 saturated carbocycles. The lowest BCUT2D eigenvalue weighted by Crippen LogP contribution is -2.09. The van der Waals surface area contributed by atoms with Crippen LogP contribution in [0, 0.1) is 11.6 Å². The third kappa shape index (κ3) is 2.50. The molecule has 0 fully saturated rings. The van der Waals surface area contributed by atoms with Crippen molar-refractivity contribution >= 4 is 16.6 Å². The maximum absolute atomic E-state index is 13.5. The van der Waals surface area contributed by atoms with Gasteiger partial charge in [0.2, 0.25) is 0 Å². The molecule has 0 unspecified atom stereocenters. The Kier molecular flexibility index (Phi) is 3.49. The molecule has 2 rings (SSSR count). The zero-order valence-corrected chi connectivity index (χ0v) is 9.21. The van der Waals surface area contributed by atoms with E-state index in [1.165, 1.54) is 18.3 Å². The van der Waals surface area contributed by atoms with Crippen molar-refractivity contribution < 1.29 is 8.78 Å². The molecule has 3 nitrogen and oxygen atoms in total. The summed E-state index contributed by atoms with van der Waals surface area (Å²) in [5, 5.41) is 3.82. The molecule has 0 saturated heterocycles. The van der Waals surface area contributed by atoms with E-state index >= 15 is 0 Å². The summed E-state index contributed by atoms with van der Waals surface area (Å²) in [6, 6.07) is 3.67. The molecule has 1 heterocycles. The molecule has 3 N–H and O–H groups in total. The molecule has 1 aromatic carbocycles. The molecule has 0 bridgehead atoms. The number of hydrogen-bond donors (Lipinski definition) is 2.